The first-order valence-electron chi connectivity index (χ1n) is 23.1. The zero-order valence-electron chi connectivity index (χ0n) is 36.7. The molecule has 1 spiro atoms. The molecule has 0 fully saturated rings. The van der Waals surface area contributed by atoms with E-state index in [1.807, 2.05) is 0 Å². The third-order valence-corrected chi connectivity index (χ3v) is 14.8. The van der Waals surface area contributed by atoms with Crippen LogP contribution in [-0.4, -0.2) is 0 Å². The fourth-order valence-corrected chi connectivity index (χ4v) is 12.3. The molecule has 0 saturated heterocycles. The molecule has 1 nitrogen and oxygen atoms in total. The summed E-state index contributed by atoms with van der Waals surface area (Å²) in [6.07, 6.45) is 6.58. The minimum absolute atomic E-state index is 0.485. The lowest BCUT2D eigenvalue weighted by Crippen LogP contribution is -2.28. The van der Waals surface area contributed by atoms with Crippen molar-refractivity contribution >= 4 is 44.2 Å². The van der Waals surface area contributed by atoms with Crippen molar-refractivity contribution in [2.45, 2.75) is 17.8 Å². The molecule has 0 aromatic heterocycles. The van der Waals surface area contributed by atoms with Crippen molar-refractivity contribution in [1.29, 1.82) is 0 Å². The fraction of sp³-hybridized carbons (Fsp3) is 0.0462. The first-order chi connectivity index (χ1) is 32.7. The zero-order valence-corrected chi connectivity index (χ0v) is 36.7. The first kappa shape index (κ1) is 38.2. The lowest BCUT2D eigenvalue weighted by Gasteiger charge is -2.34. The molecule has 3 aliphatic rings. The molecule has 0 N–H and O–H groups in total. The van der Waals surface area contributed by atoms with Crippen LogP contribution in [-0.2, 0) is 10.8 Å². The van der Waals surface area contributed by atoms with E-state index in [0.29, 0.717) is 0 Å². The Balaban J connectivity index is 1.09. The molecule has 0 amide bonds. The highest BCUT2D eigenvalue weighted by Gasteiger charge is 2.52. The Bertz CT molecular complexity index is 3600. The molecule has 0 radical (unpaired) electrons. The second kappa shape index (κ2) is 14.6. The summed E-state index contributed by atoms with van der Waals surface area (Å²) in [5.41, 5.74) is 20.0. The van der Waals surface area contributed by atoms with E-state index in [-0.39, 0.29) is 0 Å². The lowest BCUT2D eigenvalue weighted by atomic mass is 9.68. The number of benzene rings is 10. The highest BCUT2D eigenvalue weighted by molar-refractivity contribution is 6.09. The maximum absolute atomic E-state index is 4.45. The van der Waals surface area contributed by atoms with E-state index in [2.05, 4.69) is 261 Å². The molecule has 0 unspecified atom stereocenters. The van der Waals surface area contributed by atoms with Crippen LogP contribution in [0, 0.1) is 0 Å². The van der Waals surface area contributed by atoms with Crippen molar-refractivity contribution in [3.05, 3.63) is 299 Å². The smallest absolute Gasteiger partial charge is 0.0726 e. The number of fused-ring (bicyclic) bond motifs is 13. The van der Waals surface area contributed by atoms with Gasteiger partial charge in [0, 0.05) is 17.1 Å². The molecule has 66 heavy (non-hydrogen) atoms. The topological polar surface area (TPSA) is 3.24 Å². The van der Waals surface area contributed by atoms with Crippen LogP contribution in [0.3, 0.4) is 0 Å². The van der Waals surface area contributed by atoms with Crippen LogP contribution in [0.2, 0.25) is 0 Å². The Labute approximate surface area is 386 Å². The van der Waals surface area contributed by atoms with Crippen LogP contribution in [0.25, 0.3) is 49.4 Å². The molecule has 0 aliphatic heterocycles. The molecule has 10 aromatic rings. The van der Waals surface area contributed by atoms with Crippen LogP contribution in [0.5, 0.6) is 0 Å². The van der Waals surface area contributed by atoms with Gasteiger partial charge in [0.2, 0.25) is 0 Å². The van der Waals surface area contributed by atoms with Gasteiger partial charge in [-0.05, 0) is 143 Å². The Morgan fingerprint density at radius 3 is 1.55 bits per heavy atom. The van der Waals surface area contributed by atoms with Crippen molar-refractivity contribution < 1.29 is 0 Å². The summed E-state index contributed by atoms with van der Waals surface area (Å²) in [4.78, 5) is 2.49. The van der Waals surface area contributed by atoms with Crippen molar-refractivity contribution in [2.24, 2.45) is 0 Å². The summed E-state index contributed by atoms with van der Waals surface area (Å²) in [5.74, 6) is 0. The highest BCUT2D eigenvalue weighted by Crippen LogP contribution is 2.63. The number of hydrogen-bond acceptors (Lipinski definition) is 1. The number of hydrogen-bond donors (Lipinski definition) is 0. The van der Waals surface area contributed by atoms with Gasteiger partial charge < -0.3 is 4.90 Å². The Kier molecular flexibility index (Phi) is 8.48. The predicted molar refractivity (Wildman–Crippen MR) is 277 cm³/mol. The Hall–Kier alpha value is -8.26. The van der Waals surface area contributed by atoms with Crippen molar-refractivity contribution in [3.63, 3.8) is 0 Å². The summed E-state index contributed by atoms with van der Waals surface area (Å²) >= 11 is 0. The van der Waals surface area contributed by atoms with Crippen LogP contribution >= 0.6 is 0 Å². The first-order valence-corrected chi connectivity index (χ1v) is 23.1. The van der Waals surface area contributed by atoms with Crippen molar-refractivity contribution in [2.75, 3.05) is 4.90 Å². The van der Waals surface area contributed by atoms with Crippen LogP contribution in [0.1, 0.15) is 51.4 Å². The molecular formula is C65H45N. The maximum Gasteiger partial charge on any atom is 0.0726 e. The average Bonchev–Trinajstić information content (AvgIpc) is 3.96. The minimum Gasteiger partial charge on any atom is -0.310 e. The SMILES string of the molecule is C=CC1=C(/C=C\C)C2(c3cc(N(c4ccc5c(c4)-c4ccccc4C5(c4ccccc4)c4ccccc4)c4ccc5c(ccc6ccccc65)c4)ccc31)c1ccccc1-c1ccccc12. The average molecular weight is 840 g/mol. The van der Waals surface area contributed by atoms with Gasteiger partial charge in [-0.1, -0.05) is 213 Å². The Morgan fingerprint density at radius 2 is 0.879 bits per heavy atom. The second-order valence-electron chi connectivity index (χ2n) is 17.9. The van der Waals surface area contributed by atoms with Crippen molar-refractivity contribution in [3.8, 4) is 22.3 Å². The van der Waals surface area contributed by atoms with Crippen LogP contribution in [0.15, 0.2) is 255 Å². The molecule has 10 aromatic carbocycles. The van der Waals surface area contributed by atoms with Crippen LogP contribution in [0.4, 0.5) is 17.1 Å². The van der Waals surface area contributed by atoms with Gasteiger partial charge in [-0.2, -0.15) is 0 Å². The summed E-state index contributed by atoms with van der Waals surface area (Å²) in [6, 6.07) is 83.8. The molecule has 13 rings (SSSR count). The van der Waals surface area contributed by atoms with E-state index >= 15 is 0 Å². The molecule has 1 heteroatoms. The van der Waals surface area contributed by atoms with E-state index in [1.165, 1.54) is 99.5 Å². The van der Waals surface area contributed by atoms with Gasteiger partial charge >= 0.3 is 0 Å². The van der Waals surface area contributed by atoms with Gasteiger partial charge in [0.15, 0.2) is 0 Å². The fourth-order valence-electron chi connectivity index (χ4n) is 12.3. The number of rotatable bonds is 7. The van der Waals surface area contributed by atoms with Crippen molar-refractivity contribution in [1.82, 2.24) is 0 Å². The Morgan fingerprint density at radius 1 is 0.379 bits per heavy atom. The predicted octanol–water partition coefficient (Wildman–Crippen LogP) is 16.7. The standard InChI is InChI=1S/C65H45N/c1-3-19-58-50(4-2)56-38-35-49(42-63(56)65(58)60-30-17-13-26-53(60)54-27-14-18-31-61(54)65)66(47-34-37-52-44(40-47)33-32-43-20-11-12-25-51(43)52)48-36-39-62-57(41-48)55-28-15-16-29-59(55)64(62,45-21-7-5-8-22-45)46-23-9-6-10-24-46/h3-42H,2H2,1H3/b19-3-. The zero-order chi connectivity index (χ0) is 44.0. The number of allylic oxidation sites excluding steroid dienone is 5. The van der Waals surface area contributed by atoms with Gasteiger partial charge in [0.1, 0.15) is 0 Å². The van der Waals surface area contributed by atoms with E-state index in [1.54, 1.807) is 0 Å². The summed E-state index contributed by atoms with van der Waals surface area (Å²) < 4.78 is 0. The molecular weight excluding hydrogens is 795 g/mol. The monoisotopic (exact) mass is 839 g/mol. The van der Waals surface area contributed by atoms with E-state index in [9.17, 15) is 0 Å². The van der Waals surface area contributed by atoms with Crippen LogP contribution < -0.4 is 4.90 Å². The molecule has 0 bridgehead atoms. The largest absolute Gasteiger partial charge is 0.310 e. The molecule has 3 aliphatic carbocycles. The summed E-state index contributed by atoms with van der Waals surface area (Å²) in [6.45, 7) is 6.58. The number of nitrogens with zero attached hydrogens (tertiary/aromatic N) is 1. The van der Waals surface area contributed by atoms with Gasteiger partial charge in [-0.3, -0.25) is 0 Å². The molecule has 0 heterocycles. The second-order valence-corrected chi connectivity index (χ2v) is 17.9. The number of anilines is 3. The summed E-state index contributed by atoms with van der Waals surface area (Å²) in [5, 5.41) is 4.96. The summed E-state index contributed by atoms with van der Waals surface area (Å²) in [7, 11) is 0. The van der Waals surface area contributed by atoms with Gasteiger partial charge in [-0.15, -0.1) is 0 Å². The van der Waals surface area contributed by atoms with E-state index in [0.717, 1.165) is 17.1 Å². The third-order valence-electron chi connectivity index (χ3n) is 14.8. The highest BCUT2D eigenvalue weighted by atomic mass is 15.1. The van der Waals surface area contributed by atoms with E-state index in [4.69, 9.17) is 0 Å². The van der Waals surface area contributed by atoms with Gasteiger partial charge in [0.25, 0.3) is 0 Å². The minimum atomic E-state index is -0.523. The van der Waals surface area contributed by atoms with Gasteiger partial charge in [0.05, 0.1) is 10.8 Å². The third kappa shape index (κ3) is 5.11. The maximum atomic E-state index is 4.45. The van der Waals surface area contributed by atoms with E-state index < -0.39 is 10.8 Å². The van der Waals surface area contributed by atoms with Gasteiger partial charge in [-0.25, -0.2) is 0 Å². The normalized spacial score (nSPS) is 14.6. The molecule has 0 saturated carbocycles. The molecule has 0 atom stereocenters. The lowest BCUT2D eigenvalue weighted by molar-refractivity contribution is 0.768. The quantitative estimate of drug-likeness (QED) is 0.145. The molecule has 310 valence electrons.